The SMILES string of the molecule is COc1cc(C)c(S(=O)(=O)NCCNc2cc(N3CCCCC3)nc(C)n2)cc1C. The predicted octanol–water partition coefficient (Wildman–Crippen LogP) is 2.79. The topological polar surface area (TPSA) is 96.5 Å². The average molecular weight is 434 g/mol. The zero-order chi connectivity index (χ0) is 21.7. The minimum Gasteiger partial charge on any atom is -0.496 e. The summed E-state index contributed by atoms with van der Waals surface area (Å²) in [6.45, 7) is 8.15. The molecule has 0 amide bonds. The summed E-state index contributed by atoms with van der Waals surface area (Å²) in [5.74, 6) is 3.01. The van der Waals surface area contributed by atoms with Crippen LogP contribution in [0.1, 0.15) is 36.2 Å². The highest BCUT2D eigenvalue weighted by Crippen LogP contribution is 2.25. The Labute approximate surface area is 179 Å². The van der Waals surface area contributed by atoms with Crippen molar-refractivity contribution in [3.05, 3.63) is 35.2 Å². The third-order valence-corrected chi connectivity index (χ3v) is 6.81. The van der Waals surface area contributed by atoms with Crippen LogP contribution in [0.5, 0.6) is 5.75 Å². The van der Waals surface area contributed by atoms with Crippen molar-refractivity contribution in [1.82, 2.24) is 14.7 Å². The summed E-state index contributed by atoms with van der Waals surface area (Å²) in [7, 11) is -2.04. The molecule has 0 saturated carbocycles. The van der Waals surface area contributed by atoms with Gasteiger partial charge in [-0.15, -0.1) is 0 Å². The fraction of sp³-hybridized carbons (Fsp3) is 0.524. The van der Waals surface area contributed by atoms with E-state index in [1.165, 1.54) is 19.3 Å². The Morgan fingerprint density at radius 1 is 1.00 bits per heavy atom. The summed E-state index contributed by atoms with van der Waals surface area (Å²) in [6.07, 6.45) is 3.62. The van der Waals surface area contributed by atoms with Gasteiger partial charge in [0, 0.05) is 32.2 Å². The van der Waals surface area contributed by atoms with Gasteiger partial charge >= 0.3 is 0 Å². The molecule has 3 rings (SSSR count). The van der Waals surface area contributed by atoms with Crippen LogP contribution in [0.25, 0.3) is 0 Å². The zero-order valence-corrected chi connectivity index (χ0v) is 19.0. The van der Waals surface area contributed by atoms with E-state index >= 15 is 0 Å². The highest BCUT2D eigenvalue weighted by Gasteiger charge is 2.18. The molecule has 8 nitrogen and oxygen atoms in total. The van der Waals surface area contributed by atoms with Gasteiger partial charge in [0.15, 0.2) is 0 Å². The van der Waals surface area contributed by atoms with Gasteiger partial charge in [-0.2, -0.15) is 0 Å². The molecule has 0 unspecified atom stereocenters. The van der Waals surface area contributed by atoms with Crippen LogP contribution in [0, 0.1) is 20.8 Å². The van der Waals surface area contributed by atoms with Gasteiger partial charge in [0.25, 0.3) is 0 Å². The highest BCUT2D eigenvalue weighted by molar-refractivity contribution is 7.89. The van der Waals surface area contributed by atoms with Gasteiger partial charge in [0.2, 0.25) is 10.0 Å². The number of benzene rings is 1. The molecule has 2 heterocycles. The van der Waals surface area contributed by atoms with Gasteiger partial charge in [0.05, 0.1) is 12.0 Å². The summed E-state index contributed by atoms with van der Waals surface area (Å²) in [6, 6.07) is 5.32. The maximum atomic E-state index is 12.7. The minimum atomic E-state index is -3.61. The van der Waals surface area contributed by atoms with Crippen LogP contribution in [-0.4, -0.2) is 51.7 Å². The van der Waals surface area contributed by atoms with E-state index in [-0.39, 0.29) is 11.4 Å². The predicted molar refractivity (Wildman–Crippen MR) is 119 cm³/mol. The molecule has 0 spiro atoms. The fourth-order valence-corrected chi connectivity index (χ4v) is 4.99. The van der Waals surface area contributed by atoms with Gasteiger partial charge in [-0.1, -0.05) is 0 Å². The largest absolute Gasteiger partial charge is 0.496 e. The standard InChI is InChI=1S/C21H31N5O3S/c1-15-13-19(16(2)12-18(15)29-4)30(27,28)23-9-8-22-20-14-21(25-17(3)24-20)26-10-6-5-7-11-26/h12-14,23H,5-11H2,1-4H3,(H,22,24,25). The molecule has 2 aromatic rings. The van der Waals surface area contributed by atoms with Crippen molar-refractivity contribution in [2.24, 2.45) is 0 Å². The van der Waals surface area contributed by atoms with E-state index < -0.39 is 10.0 Å². The summed E-state index contributed by atoms with van der Waals surface area (Å²) in [5.41, 5.74) is 1.43. The Kier molecular flexibility index (Phi) is 7.14. The second-order valence-corrected chi connectivity index (χ2v) is 9.35. The lowest BCUT2D eigenvalue weighted by atomic mass is 10.1. The summed E-state index contributed by atoms with van der Waals surface area (Å²) in [4.78, 5) is 11.5. The molecule has 1 fully saturated rings. The lowest BCUT2D eigenvalue weighted by Gasteiger charge is -2.28. The maximum absolute atomic E-state index is 12.7. The number of hydrogen-bond donors (Lipinski definition) is 2. The molecule has 0 aliphatic carbocycles. The Morgan fingerprint density at radius 3 is 2.43 bits per heavy atom. The van der Waals surface area contributed by atoms with Crippen LogP contribution in [0.4, 0.5) is 11.6 Å². The number of sulfonamides is 1. The Balaban J connectivity index is 1.60. The van der Waals surface area contributed by atoms with Crippen molar-refractivity contribution >= 4 is 21.7 Å². The first-order valence-corrected chi connectivity index (χ1v) is 11.8. The molecule has 2 N–H and O–H groups in total. The molecule has 1 aromatic heterocycles. The van der Waals surface area contributed by atoms with Crippen molar-refractivity contribution in [3.8, 4) is 5.75 Å². The lowest BCUT2D eigenvalue weighted by Crippen LogP contribution is -2.31. The molecule has 164 valence electrons. The van der Waals surface area contributed by atoms with Crippen LogP contribution in [0.2, 0.25) is 0 Å². The van der Waals surface area contributed by atoms with Gasteiger partial charge in [-0.05, 0) is 63.3 Å². The minimum absolute atomic E-state index is 0.245. The molecule has 9 heteroatoms. The highest BCUT2D eigenvalue weighted by atomic mass is 32.2. The number of hydrogen-bond acceptors (Lipinski definition) is 7. The second kappa shape index (κ2) is 9.61. The second-order valence-electron chi connectivity index (χ2n) is 7.62. The molecule has 1 aliphatic heterocycles. The van der Waals surface area contributed by atoms with Gasteiger partial charge < -0.3 is 15.0 Å². The Bertz CT molecular complexity index is 988. The van der Waals surface area contributed by atoms with Crippen LogP contribution < -0.4 is 19.7 Å². The lowest BCUT2D eigenvalue weighted by molar-refractivity contribution is 0.411. The van der Waals surface area contributed by atoms with E-state index in [0.717, 1.165) is 24.5 Å². The number of methoxy groups -OCH3 is 1. The molecule has 30 heavy (non-hydrogen) atoms. The fourth-order valence-electron chi connectivity index (χ4n) is 3.65. The molecular weight excluding hydrogens is 402 g/mol. The van der Waals surface area contributed by atoms with E-state index in [9.17, 15) is 8.42 Å². The van der Waals surface area contributed by atoms with E-state index in [4.69, 9.17) is 4.74 Å². The van der Waals surface area contributed by atoms with Gasteiger partial charge in [0.1, 0.15) is 23.2 Å². The van der Waals surface area contributed by atoms with Gasteiger partial charge in [-0.3, -0.25) is 0 Å². The molecule has 0 radical (unpaired) electrons. The molecule has 1 aliphatic rings. The molecule has 1 aromatic carbocycles. The number of piperidine rings is 1. The molecule has 0 bridgehead atoms. The number of nitrogens with zero attached hydrogens (tertiary/aromatic N) is 3. The number of aryl methyl sites for hydroxylation is 3. The van der Waals surface area contributed by atoms with E-state index in [1.54, 1.807) is 26.2 Å². The first kappa shape index (κ1) is 22.3. The first-order valence-electron chi connectivity index (χ1n) is 10.3. The smallest absolute Gasteiger partial charge is 0.240 e. The van der Waals surface area contributed by atoms with Crippen molar-refractivity contribution in [2.45, 2.75) is 44.9 Å². The number of rotatable bonds is 8. The van der Waals surface area contributed by atoms with Crippen LogP contribution in [-0.2, 0) is 10.0 Å². The molecule has 1 saturated heterocycles. The van der Waals surface area contributed by atoms with Gasteiger partial charge in [-0.25, -0.2) is 23.1 Å². The normalized spacial score (nSPS) is 14.6. The van der Waals surface area contributed by atoms with E-state index in [2.05, 4.69) is 24.9 Å². The Hall–Kier alpha value is -2.39. The van der Waals surface area contributed by atoms with Crippen LogP contribution >= 0.6 is 0 Å². The Morgan fingerprint density at radius 2 is 1.73 bits per heavy atom. The maximum Gasteiger partial charge on any atom is 0.240 e. The molecule has 0 atom stereocenters. The summed E-state index contributed by atoms with van der Waals surface area (Å²) in [5, 5.41) is 3.21. The average Bonchev–Trinajstić information content (AvgIpc) is 2.72. The van der Waals surface area contributed by atoms with Crippen molar-refractivity contribution in [3.63, 3.8) is 0 Å². The third-order valence-electron chi connectivity index (χ3n) is 5.21. The van der Waals surface area contributed by atoms with Crippen LogP contribution in [0.3, 0.4) is 0 Å². The van der Waals surface area contributed by atoms with Crippen molar-refractivity contribution in [2.75, 3.05) is 43.5 Å². The zero-order valence-electron chi connectivity index (χ0n) is 18.2. The number of ether oxygens (including phenoxy) is 1. The number of nitrogens with one attached hydrogen (secondary N) is 2. The molecular formula is C21H31N5O3S. The summed E-state index contributed by atoms with van der Waals surface area (Å²) < 4.78 is 33.4. The van der Waals surface area contributed by atoms with E-state index in [0.29, 0.717) is 29.5 Å². The number of anilines is 2. The van der Waals surface area contributed by atoms with Crippen molar-refractivity contribution < 1.29 is 13.2 Å². The monoisotopic (exact) mass is 433 g/mol. The third kappa shape index (κ3) is 5.40. The van der Waals surface area contributed by atoms with E-state index in [1.807, 2.05) is 19.9 Å². The van der Waals surface area contributed by atoms with Crippen LogP contribution in [0.15, 0.2) is 23.1 Å². The van der Waals surface area contributed by atoms with Crippen molar-refractivity contribution in [1.29, 1.82) is 0 Å². The summed E-state index contributed by atoms with van der Waals surface area (Å²) >= 11 is 0. The first-order chi connectivity index (χ1) is 14.3. The quantitative estimate of drug-likeness (QED) is 0.618. The number of aromatic nitrogens is 2.